The van der Waals surface area contributed by atoms with Crippen LogP contribution in [-0.2, 0) is 6.42 Å². The summed E-state index contributed by atoms with van der Waals surface area (Å²) in [6, 6.07) is 16.2. The zero-order valence-corrected chi connectivity index (χ0v) is 15.4. The molecule has 5 heteroatoms. The van der Waals surface area contributed by atoms with Crippen molar-refractivity contribution in [3.05, 3.63) is 58.6 Å². The van der Waals surface area contributed by atoms with Crippen LogP contribution in [0.4, 0.5) is 16.2 Å². The van der Waals surface area contributed by atoms with Gasteiger partial charge in [-0.1, -0.05) is 47.1 Å². The monoisotopic (exact) mass is 387 g/mol. The summed E-state index contributed by atoms with van der Waals surface area (Å²) in [5.74, 6) is 0. The molecule has 0 spiro atoms. The minimum Gasteiger partial charge on any atom is -0.368 e. The highest BCUT2D eigenvalue weighted by atomic mass is 79.9. The number of carbonyl (C=O) groups excluding carboxylic acids is 1. The topological polar surface area (TPSA) is 35.6 Å². The van der Waals surface area contributed by atoms with E-state index in [9.17, 15) is 4.79 Å². The van der Waals surface area contributed by atoms with Crippen LogP contribution in [0.5, 0.6) is 0 Å². The Balaban J connectivity index is 1.59. The summed E-state index contributed by atoms with van der Waals surface area (Å²) in [4.78, 5) is 16.7. The molecule has 2 amide bonds. The van der Waals surface area contributed by atoms with Crippen molar-refractivity contribution in [1.29, 1.82) is 0 Å². The third-order valence-corrected chi connectivity index (χ3v) is 4.85. The van der Waals surface area contributed by atoms with E-state index in [-0.39, 0.29) is 6.03 Å². The lowest BCUT2D eigenvalue weighted by atomic mass is 10.1. The predicted molar refractivity (Wildman–Crippen MR) is 103 cm³/mol. The van der Waals surface area contributed by atoms with Crippen LogP contribution in [0.2, 0.25) is 0 Å². The standard InChI is InChI=1S/C19H22BrN3O/c1-2-15-6-3-4-9-18(15)22-10-12-23(13-11-22)19(24)21-17-8-5-7-16(20)14-17/h3-9,14H,2,10-13H2,1H3,(H,21,24). The van der Waals surface area contributed by atoms with E-state index in [1.807, 2.05) is 29.2 Å². The Hall–Kier alpha value is -2.01. The fourth-order valence-corrected chi connectivity index (χ4v) is 3.44. The fourth-order valence-electron chi connectivity index (χ4n) is 3.04. The molecule has 0 atom stereocenters. The molecule has 0 saturated carbocycles. The highest BCUT2D eigenvalue weighted by Crippen LogP contribution is 2.22. The van der Waals surface area contributed by atoms with Gasteiger partial charge >= 0.3 is 6.03 Å². The highest BCUT2D eigenvalue weighted by Gasteiger charge is 2.22. The van der Waals surface area contributed by atoms with Crippen molar-refractivity contribution in [3.63, 3.8) is 0 Å². The Morgan fingerprint density at radius 2 is 1.83 bits per heavy atom. The van der Waals surface area contributed by atoms with Gasteiger partial charge in [-0.05, 0) is 36.2 Å². The number of anilines is 2. The molecule has 3 rings (SSSR count). The van der Waals surface area contributed by atoms with Crippen molar-refractivity contribution < 1.29 is 4.79 Å². The Morgan fingerprint density at radius 1 is 1.08 bits per heavy atom. The minimum absolute atomic E-state index is 0.0310. The maximum absolute atomic E-state index is 12.4. The lowest BCUT2D eigenvalue weighted by Gasteiger charge is -2.37. The van der Waals surface area contributed by atoms with Gasteiger partial charge in [0.15, 0.2) is 0 Å². The number of benzene rings is 2. The molecule has 1 aliphatic heterocycles. The molecule has 1 heterocycles. The van der Waals surface area contributed by atoms with Crippen LogP contribution in [0, 0.1) is 0 Å². The molecule has 0 radical (unpaired) electrons. The van der Waals surface area contributed by atoms with Crippen LogP contribution in [0.25, 0.3) is 0 Å². The first-order valence-electron chi connectivity index (χ1n) is 8.31. The van der Waals surface area contributed by atoms with Gasteiger partial charge in [-0.3, -0.25) is 0 Å². The van der Waals surface area contributed by atoms with E-state index in [4.69, 9.17) is 0 Å². The van der Waals surface area contributed by atoms with Crippen LogP contribution in [0.15, 0.2) is 53.0 Å². The van der Waals surface area contributed by atoms with Crippen molar-refractivity contribution in [1.82, 2.24) is 4.90 Å². The zero-order chi connectivity index (χ0) is 16.9. The number of hydrogen-bond acceptors (Lipinski definition) is 2. The average molecular weight is 388 g/mol. The molecule has 1 aliphatic rings. The average Bonchev–Trinajstić information content (AvgIpc) is 2.62. The number of rotatable bonds is 3. The van der Waals surface area contributed by atoms with Gasteiger partial charge in [0.2, 0.25) is 0 Å². The molecule has 2 aromatic rings. The largest absolute Gasteiger partial charge is 0.368 e. The van der Waals surface area contributed by atoms with Gasteiger partial charge in [-0.15, -0.1) is 0 Å². The summed E-state index contributed by atoms with van der Waals surface area (Å²) in [6.07, 6.45) is 1.03. The molecule has 2 aromatic carbocycles. The van der Waals surface area contributed by atoms with E-state index >= 15 is 0 Å². The van der Waals surface area contributed by atoms with Crippen molar-refractivity contribution in [2.75, 3.05) is 36.4 Å². The number of nitrogens with one attached hydrogen (secondary N) is 1. The van der Waals surface area contributed by atoms with Crippen LogP contribution < -0.4 is 10.2 Å². The summed E-state index contributed by atoms with van der Waals surface area (Å²) in [5, 5.41) is 2.97. The van der Waals surface area contributed by atoms with Gasteiger partial charge in [-0.2, -0.15) is 0 Å². The lowest BCUT2D eigenvalue weighted by molar-refractivity contribution is 0.208. The fraction of sp³-hybridized carbons (Fsp3) is 0.316. The van der Waals surface area contributed by atoms with Gasteiger partial charge < -0.3 is 15.1 Å². The Labute approximate surface area is 151 Å². The number of halogens is 1. The quantitative estimate of drug-likeness (QED) is 0.848. The van der Waals surface area contributed by atoms with Gasteiger partial charge in [0.25, 0.3) is 0 Å². The molecule has 1 N–H and O–H groups in total. The summed E-state index contributed by atoms with van der Waals surface area (Å²) in [7, 11) is 0. The van der Waals surface area contributed by atoms with Crippen molar-refractivity contribution >= 4 is 33.3 Å². The SMILES string of the molecule is CCc1ccccc1N1CCN(C(=O)Nc2cccc(Br)c2)CC1. The van der Waals surface area contributed by atoms with Crippen LogP contribution in [0.1, 0.15) is 12.5 Å². The number of carbonyl (C=O) groups is 1. The van der Waals surface area contributed by atoms with E-state index in [2.05, 4.69) is 57.3 Å². The van der Waals surface area contributed by atoms with E-state index in [0.29, 0.717) is 0 Å². The second-order valence-electron chi connectivity index (χ2n) is 5.90. The van der Waals surface area contributed by atoms with Crippen molar-refractivity contribution in [2.45, 2.75) is 13.3 Å². The number of para-hydroxylation sites is 1. The summed E-state index contributed by atoms with van der Waals surface area (Å²) < 4.78 is 0.960. The first-order chi connectivity index (χ1) is 11.7. The second-order valence-corrected chi connectivity index (χ2v) is 6.81. The minimum atomic E-state index is -0.0310. The summed E-state index contributed by atoms with van der Waals surface area (Å²) in [5.41, 5.74) is 3.48. The molecule has 24 heavy (non-hydrogen) atoms. The highest BCUT2D eigenvalue weighted by molar-refractivity contribution is 9.10. The molecule has 4 nitrogen and oxygen atoms in total. The maximum Gasteiger partial charge on any atom is 0.321 e. The zero-order valence-electron chi connectivity index (χ0n) is 13.8. The van der Waals surface area contributed by atoms with E-state index < -0.39 is 0 Å². The van der Waals surface area contributed by atoms with Gasteiger partial charge in [0.05, 0.1) is 0 Å². The Kier molecular flexibility index (Phi) is 5.41. The molecule has 0 bridgehead atoms. The first kappa shape index (κ1) is 16.8. The normalized spacial score (nSPS) is 14.6. The van der Waals surface area contributed by atoms with Crippen LogP contribution >= 0.6 is 15.9 Å². The molecular formula is C19H22BrN3O. The van der Waals surface area contributed by atoms with Crippen LogP contribution in [0.3, 0.4) is 0 Å². The van der Waals surface area contributed by atoms with E-state index in [1.165, 1.54) is 11.3 Å². The smallest absolute Gasteiger partial charge is 0.321 e. The Bertz CT molecular complexity index is 711. The number of nitrogens with zero attached hydrogens (tertiary/aromatic N) is 2. The first-order valence-corrected chi connectivity index (χ1v) is 9.11. The molecule has 1 fully saturated rings. The lowest BCUT2D eigenvalue weighted by Crippen LogP contribution is -2.50. The number of amides is 2. The molecular weight excluding hydrogens is 366 g/mol. The maximum atomic E-state index is 12.4. The van der Waals surface area contributed by atoms with Crippen molar-refractivity contribution in [3.8, 4) is 0 Å². The van der Waals surface area contributed by atoms with Gasteiger partial charge in [0.1, 0.15) is 0 Å². The van der Waals surface area contributed by atoms with E-state index in [1.54, 1.807) is 0 Å². The van der Waals surface area contributed by atoms with Gasteiger partial charge in [0, 0.05) is 42.0 Å². The third-order valence-electron chi connectivity index (χ3n) is 4.36. The number of urea groups is 1. The molecule has 0 unspecified atom stereocenters. The van der Waals surface area contributed by atoms with E-state index in [0.717, 1.165) is 42.8 Å². The van der Waals surface area contributed by atoms with Crippen LogP contribution in [-0.4, -0.2) is 37.1 Å². The predicted octanol–water partition coefficient (Wildman–Crippen LogP) is 4.37. The summed E-state index contributed by atoms with van der Waals surface area (Å²) >= 11 is 3.42. The third kappa shape index (κ3) is 3.90. The van der Waals surface area contributed by atoms with Gasteiger partial charge in [-0.25, -0.2) is 4.79 Å². The summed E-state index contributed by atoms with van der Waals surface area (Å²) in [6.45, 7) is 5.38. The molecule has 0 aliphatic carbocycles. The molecule has 0 aromatic heterocycles. The number of piperazine rings is 1. The number of hydrogen-bond donors (Lipinski definition) is 1. The molecule has 1 saturated heterocycles. The molecule has 126 valence electrons. The number of aryl methyl sites for hydroxylation is 1. The second kappa shape index (κ2) is 7.71. The van der Waals surface area contributed by atoms with Crippen molar-refractivity contribution in [2.24, 2.45) is 0 Å². The Morgan fingerprint density at radius 3 is 2.54 bits per heavy atom.